The highest BCUT2D eigenvalue weighted by Gasteiger charge is 2.04. The van der Waals surface area contributed by atoms with Crippen LogP contribution in [0.3, 0.4) is 0 Å². The van der Waals surface area contributed by atoms with Crippen molar-refractivity contribution >= 4 is 41.3 Å². The molecule has 8 heteroatoms. The lowest BCUT2D eigenvalue weighted by Gasteiger charge is -2.10. The van der Waals surface area contributed by atoms with Crippen molar-refractivity contribution in [1.29, 1.82) is 0 Å². The fourth-order valence-corrected chi connectivity index (χ4v) is 2.69. The van der Waals surface area contributed by atoms with E-state index in [1.54, 1.807) is 17.6 Å². The summed E-state index contributed by atoms with van der Waals surface area (Å²) >= 11 is 1.76. The minimum absolute atomic E-state index is 0. The van der Waals surface area contributed by atoms with Crippen LogP contribution in [0.1, 0.15) is 28.2 Å². The lowest BCUT2D eigenvalue weighted by Crippen LogP contribution is -2.38. The molecule has 0 spiro atoms. The SMILES string of the molecule is CCNC(=NCc1ccon1)NCCc1nc(C)c(C)s1.I. The lowest BCUT2D eigenvalue weighted by atomic mass is 10.4. The van der Waals surface area contributed by atoms with Crippen molar-refractivity contribution in [2.24, 2.45) is 4.99 Å². The van der Waals surface area contributed by atoms with Crippen LogP contribution in [-0.2, 0) is 13.0 Å². The number of nitrogens with zero attached hydrogens (tertiary/aromatic N) is 3. The third-order valence-corrected chi connectivity index (χ3v) is 4.07. The molecule has 0 fully saturated rings. The molecule has 122 valence electrons. The molecule has 0 saturated heterocycles. The Morgan fingerprint density at radius 3 is 2.77 bits per heavy atom. The molecule has 0 bridgehead atoms. The zero-order chi connectivity index (χ0) is 15.1. The van der Waals surface area contributed by atoms with Crippen molar-refractivity contribution in [3.05, 3.63) is 33.6 Å². The smallest absolute Gasteiger partial charge is 0.191 e. The van der Waals surface area contributed by atoms with Crippen molar-refractivity contribution in [3.8, 4) is 0 Å². The summed E-state index contributed by atoms with van der Waals surface area (Å²) < 4.78 is 4.79. The summed E-state index contributed by atoms with van der Waals surface area (Å²) in [6, 6.07) is 1.81. The molecule has 2 aromatic heterocycles. The fraction of sp³-hybridized carbons (Fsp3) is 0.500. The van der Waals surface area contributed by atoms with Gasteiger partial charge in [0.05, 0.1) is 17.2 Å². The molecular formula is C14H22IN5OS. The Morgan fingerprint density at radius 2 is 2.18 bits per heavy atom. The van der Waals surface area contributed by atoms with E-state index in [1.807, 2.05) is 19.9 Å². The third kappa shape index (κ3) is 5.91. The van der Waals surface area contributed by atoms with Crippen LogP contribution in [0.4, 0.5) is 0 Å². The highest BCUT2D eigenvalue weighted by Crippen LogP contribution is 2.16. The van der Waals surface area contributed by atoms with E-state index in [1.165, 1.54) is 4.88 Å². The van der Waals surface area contributed by atoms with Gasteiger partial charge in [0.1, 0.15) is 12.0 Å². The van der Waals surface area contributed by atoms with Gasteiger partial charge in [0.2, 0.25) is 0 Å². The summed E-state index contributed by atoms with van der Waals surface area (Å²) in [7, 11) is 0. The summed E-state index contributed by atoms with van der Waals surface area (Å²) in [6.07, 6.45) is 2.45. The average molecular weight is 435 g/mol. The highest BCUT2D eigenvalue weighted by atomic mass is 127. The number of halogens is 1. The maximum Gasteiger partial charge on any atom is 0.191 e. The topological polar surface area (TPSA) is 75.3 Å². The Labute approximate surface area is 151 Å². The molecule has 0 aliphatic carbocycles. The molecule has 2 aromatic rings. The molecule has 22 heavy (non-hydrogen) atoms. The molecule has 0 amide bonds. The molecule has 2 rings (SSSR count). The monoisotopic (exact) mass is 435 g/mol. The van der Waals surface area contributed by atoms with Crippen LogP contribution in [0.2, 0.25) is 0 Å². The molecule has 0 saturated carbocycles. The molecule has 6 nitrogen and oxygen atoms in total. The van der Waals surface area contributed by atoms with Gasteiger partial charge in [-0.25, -0.2) is 9.98 Å². The minimum Gasteiger partial charge on any atom is -0.364 e. The summed E-state index contributed by atoms with van der Waals surface area (Å²) in [5.41, 5.74) is 1.94. The molecule has 0 unspecified atom stereocenters. The van der Waals surface area contributed by atoms with Gasteiger partial charge in [0, 0.05) is 30.5 Å². The number of hydrogen-bond acceptors (Lipinski definition) is 5. The summed E-state index contributed by atoms with van der Waals surface area (Å²) in [6.45, 7) is 8.32. The zero-order valence-corrected chi connectivity index (χ0v) is 16.2. The number of aryl methyl sites for hydroxylation is 2. The summed E-state index contributed by atoms with van der Waals surface area (Å²) in [5.74, 6) is 0.783. The first-order valence-corrected chi connectivity index (χ1v) is 7.85. The Kier molecular flexibility index (Phi) is 8.39. The predicted molar refractivity (Wildman–Crippen MR) is 100 cm³/mol. The van der Waals surface area contributed by atoms with Gasteiger partial charge in [-0.3, -0.25) is 0 Å². The highest BCUT2D eigenvalue weighted by molar-refractivity contribution is 14.0. The standard InChI is InChI=1S/C14H21N5OS.HI/c1-4-15-14(17-9-12-6-8-20-19-12)16-7-5-13-18-10(2)11(3)21-13;/h6,8H,4-5,7,9H2,1-3H3,(H2,15,16,17);1H. The third-order valence-electron chi connectivity index (χ3n) is 2.94. The average Bonchev–Trinajstić information content (AvgIpc) is 3.07. The van der Waals surface area contributed by atoms with Crippen molar-refractivity contribution in [1.82, 2.24) is 20.8 Å². The Balaban J connectivity index is 0.00000242. The second-order valence-corrected chi connectivity index (χ2v) is 5.90. The Hall–Kier alpha value is -1.16. The number of hydrogen-bond donors (Lipinski definition) is 2. The van der Waals surface area contributed by atoms with E-state index < -0.39 is 0 Å². The molecule has 0 aromatic carbocycles. The maximum atomic E-state index is 4.79. The second-order valence-electron chi connectivity index (χ2n) is 4.61. The molecule has 2 N–H and O–H groups in total. The van der Waals surface area contributed by atoms with E-state index in [0.717, 1.165) is 41.9 Å². The quantitative estimate of drug-likeness (QED) is 0.415. The van der Waals surface area contributed by atoms with Crippen molar-refractivity contribution in [3.63, 3.8) is 0 Å². The first kappa shape index (κ1) is 18.9. The van der Waals surface area contributed by atoms with Gasteiger partial charge < -0.3 is 15.2 Å². The van der Waals surface area contributed by atoms with E-state index in [9.17, 15) is 0 Å². The Morgan fingerprint density at radius 1 is 1.36 bits per heavy atom. The largest absolute Gasteiger partial charge is 0.364 e. The van der Waals surface area contributed by atoms with Crippen LogP contribution in [0.15, 0.2) is 21.8 Å². The first-order chi connectivity index (χ1) is 10.2. The van der Waals surface area contributed by atoms with E-state index >= 15 is 0 Å². The number of nitrogens with one attached hydrogen (secondary N) is 2. The van der Waals surface area contributed by atoms with E-state index in [0.29, 0.717) is 6.54 Å². The van der Waals surface area contributed by atoms with Gasteiger partial charge in [-0.2, -0.15) is 0 Å². The molecule has 2 heterocycles. The molecule has 0 aliphatic rings. The van der Waals surface area contributed by atoms with Crippen molar-refractivity contribution < 1.29 is 4.52 Å². The number of thiazole rings is 1. The molecule has 0 atom stereocenters. The van der Waals surface area contributed by atoms with Crippen LogP contribution in [0, 0.1) is 13.8 Å². The number of rotatable bonds is 6. The van der Waals surface area contributed by atoms with Crippen LogP contribution in [-0.4, -0.2) is 29.2 Å². The number of guanidine groups is 1. The fourth-order valence-electron chi connectivity index (χ4n) is 1.75. The first-order valence-electron chi connectivity index (χ1n) is 7.03. The van der Waals surface area contributed by atoms with E-state index in [4.69, 9.17) is 4.52 Å². The van der Waals surface area contributed by atoms with Gasteiger partial charge in [0.25, 0.3) is 0 Å². The number of aromatic nitrogens is 2. The maximum absolute atomic E-state index is 4.79. The van der Waals surface area contributed by atoms with Crippen LogP contribution < -0.4 is 10.6 Å². The van der Waals surface area contributed by atoms with Crippen molar-refractivity contribution in [2.45, 2.75) is 33.7 Å². The van der Waals surface area contributed by atoms with Crippen LogP contribution >= 0.6 is 35.3 Å². The molecule has 0 radical (unpaired) electrons. The Bertz CT molecular complexity index is 563. The molecular weight excluding hydrogens is 413 g/mol. The minimum atomic E-state index is 0. The van der Waals surface area contributed by atoms with Gasteiger partial charge in [0.15, 0.2) is 5.96 Å². The van der Waals surface area contributed by atoms with Crippen LogP contribution in [0.5, 0.6) is 0 Å². The van der Waals surface area contributed by atoms with E-state index in [-0.39, 0.29) is 24.0 Å². The van der Waals surface area contributed by atoms with E-state index in [2.05, 4.69) is 32.7 Å². The van der Waals surface area contributed by atoms with Gasteiger partial charge >= 0.3 is 0 Å². The lowest BCUT2D eigenvalue weighted by molar-refractivity contribution is 0.412. The number of aliphatic imine (C=N–C) groups is 1. The zero-order valence-electron chi connectivity index (χ0n) is 13.0. The second kappa shape index (κ2) is 9.78. The predicted octanol–water partition coefficient (Wildman–Crippen LogP) is 2.66. The van der Waals surface area contributed by atoms with Gasteiger partial charge in [-0.15, -0.1) is 35.3 Å². The van der Waals surface area contributed by atoms with Crippen LogP contribution in [0.25, 0.3) is 0 Å². The summed E-state index contributed by atoms with van der Waals surface area (Å²) in [5, 5.41) is 11.5. The van der Waals surface area contributed by atoms with Gasteiger partial charge in [-0.1, -0.05) is 5.16 Å². The van der Waals surface area contributed by atoms with Gasteiger partial charge in [-0.05, 0) is 20.8 Å². The normalized spacial score (nSPS) is 11.1. The van der Waals surface area contributed by atoms with Crippen molar-refractivity contribution in [2.75, 3.05) is 13.1 Å². The molecule has 0 aliphatic heterocycles. The summed E-state index contributed by atoms with van der Waals surface area (Å²) in [4.78, 5) is 10.3.